The van der Waals surface area contributed by atoms with Crippen molar-refractivity contribution < 1.29 is 39.8 Å². The number of ether oxygens (including phenoxy) is 2. The molecule has 9 nitrogen and oxygen atoms in total. The molecule has 0 saturated carbocycles. The second kappa shape index (κ2) is 50.9. The lowest BCUT2D eigenvalue weighted by Crippen LogP contribution is -2.60. The van der Waals surface area contributed by atoms with Crippen molar-refractivity contribution in [1.29, 1.82) is 0 Å². The molecule has 7 unspecified atom stereocenters. The largest absolute Gasteiger partial charge is 0.394 e. The van der Waals surface area contributed by atoms with E-state index in [1.54, 1.807) is 6.08 Å². The highest BCUT2D eigenvalue weighted by Gasteiger charge is 2.44. The van der Waals surface area contributed by atoms with Gasteiger partial charge >= 0.3 is 0 Å². The number of hydrogen-bond donors (Lipinski definition) is 6. The van der Waals surface area contributed by atoms with Crippen molar-refractivity contribution in [2.24, 2.45) is 0 Å². The minimum Gasteiger partial charge on any atom is -0.394 e. The fourth-order valence-corrected chi connectivity index (χ4v) is 8.85. The van der Waals surface area contributed by atoms with Gasteiger partial charge in [0, 0.05) is 6.42 Å². The zero-order valence-electron chi connectivity index (χ0n) is 45.5. The molecular weight excluding hydrogens is 887 g/mol. The van der Waals surface area contributed by atoms with Crippen LogP contribution in [0.3, 0.4) is 0 Å². The number of carbonyl (C=O) groups excluding carboxylic acids is 1. The molecular formula is C62H109NO8. The first kappa shape index (κ1) is 66.4. The van der Waals surface area contributed by atoms with E-state index in [2.05, 4.69) is 92.1 Å². The molecule has 0 radical (unpaired) electrons. The van der Waals surface area contributed by atoms with E-state index in [9.17, 15) is 30.3 Å². The van der Waals surface area contributed by atoms with Crippen molar-refractivity contribution in [2.75, 3.05) is 13.2 Å². The Morgan fingerprint density at radius 2 is 0.887 bits per heavy atom. The summed E-state index contributed by atoms with van der Waals surface area (Å²) in [5.74, 6) is -0.192. The number of aliphatic hydroxyl groups excluding tert-OH is 5. The van der Waals surface area contributed by atoms with E-state index in [1.165, 1.54) is 148 Å². The van der Waals surface area contributed by atoms with Crippen LogP contribution in [-0.2, 0) is 14.3 Å². The first-order valence-corrected chi connectivity index (χ1v) is 29.3. The zero-order valence-corrected chi connectivity index (χ0v) is 45.5. The predicted molar refractivity (Wildman–Crippen MR) is 299 cm³/mol. The highest BCUT2D eigenvalue weighted by Crippen LogP contribution is 2.23. The molecule has 0 aromatic carbocycles. The molecule has 0 aromatic rings. The van der Waals surface area contributed by atoms with E-state index >= 15 is 0 Å². The number of nitrogens with one attached hydrogen (secondary N) is 1. The van der Waals surface area contributed by atoms with E-state index in [4.69, 9.17) is 9.47 Å². The minimum atomic E-state index is -1.58. The number of unbranched alkanes of at least 4 members (excludes halogenated alkanes) is 27. The van der Waals surface area contributed by atoms with Crippen molar-refractivity contribution in [2.45, 2.75) is 288 Å². The third-order valence-electron chi connectivity index (χ3n) is 13.5. The summed E-state index contributed by atoms with van der Waals surface area (Å²) in [6.07, 6.45) is 65.0. The molecule has 1 aliphatic rings. The lowest BCUT2D eigenvalue weighted by Gasteiger charge is -2.40. The Bertz CT molecular complexity index is 1390. The molecule has 0 aromatic heterocycles. The van der Waals surface area contributed by atoms with Gasteiger partial charge in [0.1, 0.15) is 24.4 Å². The first-order valence-electron chi connectivity index (χ1n) is 29.3. The molecule has 1 aliphatic heterocycles. The molecule has 1 rings (SSSR count). The van der Waals surface area contributed by atoms with Gasteiger partial charge in [-0.2, -0.15) is 0 Å². The molecule has 71 heavy (non-hydrogen) atoms. The molecule has 9 heteroatoms. The van der Waals surface area contributed by atoms with Gasteiger partial charge in [-0.3, -0.25) is 4.79 Å². The topological polar surface area (TPSA) is 149 Å². The third kappa shape index (κ3) is 40.4. The summed E-state index contributed by atoms with van der Waals surface area (Å²) in [5, 5.41) is 54.5. The summed E-state index contributed by atoms with van der Waals surface area (Å²) < 4.78 is 11.3. The van der Waals surface area contributed by atoms with E-state index < -0.39 is 49.5 Å². The van der Waals surface area contributed by atoms with Gasteiger partial charge in [-0.15, -0.1) is 0 Å². The Labute approximate surface area is 435 Å². The summed E-state index contributed by atoms with van der Waals surface area (Å²) in [6.45, 7) is 3.66. The highest BCUT2D eigenvalue weighted by molar-refractivity contribution is 5.76. The van der Waals surface area contributed by atoms with Gasteiger partial charge in [0.25, 0.3) is 0 Å². The smallest absolute Gasteiger partial charge is 0.220 e. The Morgan fingerprint density at radius 3 is 1.35 bits per heavy atom. The van der Waals surface area contributed by atoms with E-state index in [0.717, 1.165) is 77.0 Å². The predicted octanol–water partition coefficient (Wildman–Crippen LogP) is 14.6. The fourth-order valence-electron chi connectivity index (χ4n) is 8.85. The van der Waals surface area contributed by atoms with Crippen LogP contribution < -0.4 is 5.32 Å². The number of amides is 1. The van der Waals surface area contributed by atoms with Crippen molar-refractivity contribution >= 4 is 5.91 Å². The maximum atomic E-state index is 13.1. The van der Waals surface area contributed by atoms with Gasteiger partial charge in [-0.05, 0) is 77.0 Å². The lowest BCUT2D eigenvalue weighted by molar-refractivity contribution is -0.302. The van der Waals surface area contributed by atoms with Crippen LogP contribution in [0.15, 0.2) is 85.1 Å². The minimum absolute atomic E-state index is 0.192. The van der Waals surface area contributed by atoms with Crippen molar-refractivity contribution in [1.82, 2.24) is 5.32 Å². The summed E-state index contributed by atoms with van der Waals surface area (Å²) in [5.41, 5.74) is 0. The average molecular weight is 997 g/mol. The number of aliphatic hydroxyl groups is 5. The van der Waals surface area contributed by atoms with Gasteiger partial charge in [0.2, 0.25) is 5.91 Å². The number of hydrogen-bond acceptors (Lipinski definition) is 8. The van der Waals surface area contributed by atoms with Crippen LogP contribution in [0.5, 0.6) is 0 Å². The van der Waals surface area contributed by atoms with Crippen molar-refractivity contribution in [3.63, 3.8) is 0 Å². The molecule has 0 aliphatic carbocycles. The van der Waals surface area contributed by atoms with Crippen LogP contribution in [0.4, 0.5) is 0 Å². The molecule has 1 amide bonds. The van der Waals surface area contributed by atoms with Crippen molar-refractivity contribution in [3.8, 4) is 0 Å². The monoisotopic (exact) mass is 996 g/mol. The highest BCUT2D eigenvalue weighted by atomic mass is 16.7. The van der Waals surface area contributed by atoms with E-state index in [1.807, 2.05) is 6.08 Å². The van der Waals surface area contributed by atoms with Gasteiger partial charge in [0.05, 0.1) is 25.4 Å². The molecule has 1 heterocycles. The molecule has 410 valence electrons. The second-order valence-electron chi connectivity index (χ2n) is 20.0. The SMILES string of the molecule is CC/C=C\C/C=C\C/C=C\C/C=C\C/C=C\CCCCCCCCCCCCCC(=O)NC(COC1OC(CO)C(O)C(O)C1O)C(O)/C=C/CC/C=C/CCCCCCCCCCCCCCCCC. The van der Waals surface area contributed by atoms with Gasteiger partial charge in [-0.1, -0.05) is 247 Å². The Morgan fingerprint density at radius 1 is 0.493 bits per heavy atom. The third-order valence-corrected chi connectivity index (χ3v) is 13.5. The Kier molecular flexibility index (Phi) is 47.6. The quantitative estimate of drug-likeness (QED) is 0.0261. The van der Waals surface area contributed by atoms with Gasteiger partial charge < -0.3 is 40.3 Å². The fraction of sp³-hybridized carbons (Fsp3) is 0.758. The molecule has 1 saturated heterocycles. The number of rotatable bonds is 49. The maximum Gasteiger partial charge on any atom is 0.220 e. The first-order chi connectivity index (χ1) is 34.8. The van der Waals surface area contributed by atoms with Gasteiger partial charge in [-0.25, -0.2) is 0 Å². The average Bonchev–Trinajstić information content (AvgIpc) is 3.37. The molecule has 1 fully saturated rings. The van der Waals surface area contributed by atoms with E-state index in [0.29, 0.717) is 6.42 Å². The Balaban J connectivity index is 2.25. The molecule has 0 spiro atoms. The second-order valence-corrected chi connectivity index (χ2v) is 20.0. The van der Waals surface area contributed by atoms with Crippen molar-refractivity contribution in [3.05, 3.63) is 85.1 Å². The lowest BCUT2D eigenvalue weighted by atomic mass is 9.99. The van der Waals surface area contributed by atoms with Gasteiger partial charge in [0.15, 0.2) is 6.29 Å². The summed E-state index contributed by atoms with van der Waals surface area (Å²) in [7, 11) is 0. The van der Waals surface area contributed by atoms with Crippen LogP contribution >= 0.6 is 0 Å². The Hall–Kier alpha value is -2.63. The van der Waals surface area contributed by atoms with Crippen LogP contribution in [0, 0.1) is 0 Å². The number of allylic oxidation sites excluding steroid dienone is 13. The van der Waals surface area contributed by atoms with Crippen LogP contribution in [0.25, 0.3) is 0 Å². The molecule has 0 bridgehead atoms. The molecule has 7 atom stereocenters. The number of carbonyl (C=O) groups is 1. The summed E-state index contributed by atoms with van der Waals surface area (Å²) in [4.78, 5) is 13.1. The maximum absolute atomic E-state index is 13.1. The van der Waals surface area contributed by atoms with Crippen LogP contribution in [0.2, 0.25) is 0 Å². The summed E-state index contributed by atoms with van der Waals surface area (Å²) in [6, 6.07) is -0.829. The molecule has 6 N–H and O–H groups in total. The summed E-state index contributed by atoms with van der Waals surface area (Å²) >= 11 is 0. The zero-order chi connectivity index (χ0) is 51.5. The van der Waals surface area contributed by atoms with Crippen LogP contribution in [0.1, 0.15) is 245 Å². The standard InChI is InChI=1S/C62H109NO8/c1-3-5-7-9-11-13-15-17-19-21-23-25-26-27-28-29-30-32-34-36-38-40-42-44-46-48-50-52-58(66)63-55(54-70-62-61(69)60(68)59(67)57(53-64)71-62)56(65)51-49-47-45-43-41-39-37-35-33-31-24-22-20-18-16-14-12-10-8-6-4-2/h5,7,11,13,17,19,23,25,27-28,41,43,49,51,55-57,59-62,64-65,67-69H,3-4,6,8-10,12,14-16,18,20-22,24,26,29-40,42,44-48,50,52-54H2,1-2H3,(H,63,66)/b7-5-,13-11-,19-17-,25-23-,28-27-,43-41+,51-49+. The van der Waals surface area contributed by atoms with E-state index in [-0.39, 0.29) is 12.5 Å². The van der Waals surface area contributed by atoms with Crippen LogP contribution in [-0.4, -0.2) is 87.5 Å². The normalized spacial score (nSPS) is 19.9.